The third-order valence-electron chi connectivity index (χ3n) is 4.70. The SMILES string of the molecule is CCC(=O)c1cc(-c2cccc(C(C)(C)C)c2O)c(O)c(C(C)(C)C)c1. The molecule has 0 saturated heterocycles. The van der Waals surface area contributed by atoms with E-state index in [2.05, 4.69) is 0 Å². The first-order valence-corrected chi connectivity index (χ1v) is 9.11. The molecule has 0 saturated carbocycles. The maximum absolute atomic E-state index is 12.4. The van der Waals surface area contributed by atoms with Crippen LogP contribution in [-0.4, -0.2) is 16.0 Å². The van der Waals surface area contributed by atoms with Gasteiger partial charge in [-0.25, -0.2) is 0 Å². The summed E-state index contributed by atoms with van der Waals surface area (Å²) >= 11 is 0. The zero-order valence-corrected chi connectivity index (χ0v) is 16.9. The first kappa shape index (κ1) is 20.0. The second kappa shape index (κ2) is 6.79. The number of phenols is 2. The van der Waals surface area contributed by atoms with Crippen LogP contribution in [0.15, 0.2) is 30.3 Å². The lowest BCUT2D eigenvalue weighted by Gasteiger charge is -2.25. The van der Waals surface area contributed by atoms with E-state index < -0.39 is 0 Å². The van der Waals surface area contributed by atoms with Gasteiger partial charge in [-0.15, -0.1) is 0 Å². The molecule has 0 heterocycles. The van der Waals surface area contributed by atoms with Crippen LogP contribution >= 0.6 is 0 Å². The summed E-state index contributed by atoms with van der Waals surface area (Å²) in [5.41, 5.74) is 2.54. The Labute approximate surface area is 156 Å². The van der Waals surface area contributed by atoms with Gasteiger partial charge in [0.2, 0.25) is 0 Å². The van der Waals surface area contributed by atoms with Gasteiger partial charge in [0.1, 0.15) is 11.5 Å². The second-order valence-corrected chi connectivity index (χ2v) is 8.90. The molecule has 140 valence electrons. The number of phenolic OH excluding ortho intramolecular Hbond substituents is 2. The fourth-order valence-electron chi connectivity index (χ4n) is 3.14. The molecule has 0 bridgehead atoms. The van der Waals surface area contributed by atoms with E-state index in [1.165, 1.54) is 0 Å². The third-order valence-corrected chi connectivity index (χ3v) is 4.70. The average molecular weight is 354 g/mol. The number of carbonyl (C=O) groups excluding carboxylic acids is 1. The van der Waals surface area contributed by atoms with Gasteiger partial charge in [-0.05, 0) is 28.5 Å². The van der Waals surface area contributed by atoms with Crippen molar-refractivity contribution in [3.63, 3.8) is 0 Å². The number of hydrogen-bond acceptors (Lipinski definition) is 3. The van der Waals surface area contributed by atoms with Gasteiger partial charge in [0.05, 0.1) is 0 Å². The summed E-state index contributed by atoms with van der Waals surface area (Å²) in [5, 5.41) is 21.8. The predicted molar refractivity (Wildman–Crippen MR) is 107 cm³/mol. The van der Waals surface area contributed by atoms with E-state index in [0.717, 1.165) is 5.56 Å². The minimum absolute atomic E-state index is 0.0169. The Bertz CT molecular complexity index is 834. The van der Waals surface area contributed by atoms with Crippen LogP contribution in [0.25, 0.3) is 11.1 Å². The highest BCUT2D eigenvalue weighted by Crippen LogP contribution is 2.45. The largest absolute Gasteiger partial charge is 0.507 e. The lowest BCUT2D eigenvalue weighted by Crippen LogP contribution is -2.14. The van der Waals surface area contributed by atoms with Crippen LogP contribution in [0.4, 0.5) is 0 Å². The Kier molecular flexibility index (Phi) is 5.23. The maximum atomic E-state index is 12.4. The molecule has 0 aliphatic rings. The van der Waals surface area contributed by atoms with Crippen LogP contribution in [0.3, 0.4) is 0 Å². The smallest absolute Gasteiger partial charge is 0.162 e. The fourth-order valence-corrected chi connectivity index (χ4v) is 3.14. The van der Waals surface area contributed by atoms with Crippen LogP contribution in [0.1, 0.15) is 76.4 Å². The molecule has 2 rings (SSSR count). The quantitative estimate of drug-likeness (QED) is 0.669. The number of aromatic hydroxyl groups is 2. The summed E-state index contributed by atoms with van der Waals surface area (Å²) in [5.74, 6) is 0.283. The van der Waals surface area contributed by atoms with Gasteiger partial charge in [0.25, 0.3) is 0 Å². The number of hydrogen-bond donors (Lipinski definition) is 2. The Morgan fingerprint density at radius 2 is 1.38 bits per heavy atom. The fraction of sp³-hybridized carbons (Fsp3) is 0.435. The highest BCUT2D eigenvalue weighted by molar-refractivity contribution is 5.98. The molecule has 2 N–H and O–H groups in total. The number of ketones is 1. The van der Waals surface area contributed by atoms with Gasteiger partial charge in [-0.2, -0.15) is 0 Å². The summed E-state index contributed by atoms with van der Waals surface area (Å²) in [6.45, 7) is 13.9. The molecule has 0 amide bonds. The van der Waals surface area contributed by atoms with E-state index in [0.29, 0.717) is 28.7 Å². The maximum Gasteiger partial charge on any atom is 0.162 e. The molecule has 0 aliphatic heterocycles. The normalized spacial score (nSPS) is 12.3. The van der Waals surface area contributed by atoms with Crippen LogP contribution < -0.4 is 0 Å². The summed E-state index contributed by atoms with van der Waals surface area (Å²) < 4.78 is 0. The van der Waals surface area contributed by atoms with E-state index in [9.17, 15) is 15.0 Å². The lowest BCUT2D eigenvalue weighted by atomic mass is 9.80. The minimum Gasteiger partial charge on any atom is -0.507 e. The van der Waals surface area contributed by atoms with Crippen molar-refractivity contribution in [1.82, 2.24) is 0 Å². The minimum atomic E-state index is -0.333. The molecule has 3 heteroatoms. The molecular formula is C23H30O3. The zero-order valence-electron chi connectivity index (χ0n) is 16.9. The number of benzene rings is 2. The molecule has 0 radical (unpaired) electrons. The first-order chi connectivity index (χ1) is 11.9. The molecule has 0 spiro atoms. The number of Topliss-reactive ketones (excluding diaryl/α,β-unsaturated/α-hetero) is 1. The van der Waals surface area contributed by atoms with Crippen molar-refractivity contribution < 1.29 is 15.0 Å². The molecular weight excluding hydrogens is 324 g/mol. The Morgan fingerprint density at radius 1 is 0.846 bits per heavy atom. The molecule has 2 aromatic carbocycles. The van der Waals surface area contributed by atoms with Gasteiger partial charge in [0, 0.05) is 28.7 Å². The molecule has 3 nitrogen and oxygen atoms in total. The van der Waals surface area contributed by atoms with Crippen molar-refractivity contribution in [3.05, 3.63) is 47.0 Å². The van der Waals surface area contributed by atoms with Gasteiger partial charge in [-0.1, -0.05) is 66.7 Å². The van der Waals surface area contributed by atoms with Crippen molar-refractivity contribution in [1.29, 1.82) is 0 Å². The molecule has 0 fully saturated rings. The molecule has 0 aliphatic carbocycles. The lowest BCUT2D eigenvalue weighted by molar-refractivity contribution is 0.0988. The van der Waals surface area contributed by atoms with Crippen molar-refractivity contribution in [2.75, 3.05) is 0 Å². The van der Waals surface area contributed by atoms with Gasteiger partial charge >= 0.3 is 0 Å². The van der Waals surface area contributed by atoms with E-state index in [4.69, 9.17) is 0 Å². The van der Waals surface area contributed by atoms with Crippen molar-refractivity contribution in [3.8, 4) is 22.6 Å². The molecule has 0 unspecified atom stereocenters. The summed E-state index contributed by atoms with van der Waals surface area (Å²) in [7, 11) is 0. The van der Waals surface area contributed by atoms with E-state index in [-0.39, 0.29) is 28.1 Å². The number of rotatable bonds is 3. The average Bonchev–Trinajstić information content (AvgIpc) is 2.52. The summed E-state index contributed by atoms with van der Waals surface area (Å²) in [6.07, 6.45) is 0.391. The molecule has 26 heavy (non-hydrogen) atoms. The van der Waals surface area contributed by atoms with Crippen LogP contribution in [-0.2, 0) is 10.8 Å². The number of carbonyl (C=O) groups is 1. The summed E-state index contributed by atoms with van der Waals surface area (Å²) in [4.78, 5) is 12.4. The van der Waals surface area contributed by atoms with Gasteiger partial charge in [-0.3, -0.25) is 4.79 Å². The van der Waals surface area contributed by atoms with Crippen molar-refractivity contribution in [2.24, 2.45) is 0 Å². The van der Waals surface area contributed by atoms with Gasteiger partial charge in [0.15, 0.2) is 5.78 Å². The second-order valence-electron chi connectivity index (χ2n) is 8.90. The van der Waals surface area contributed by atoms with Crippen LogP contribution in [0.2, 0.25) is 0 Å². The standard InChI is InChI=1S/C23H30O3/c1-8-19(24)14-12-16(21(26)18(13-14)23(5,6)7)15-10-9-11-17(20(15)25)22(2,3)4/h9-13,25-26H,8H2,1-7H3. The van der Waals surface area contributed by atoms with Crippen LogP contribution in [0, 0.1) is 0 Å². The van der Waals surface area contributed by atoms with E-state index in [1.807, 2.05) is 60.6 Å². The Balaban J connectivity index is 2.84. The van der Waals surface area contributed by atoms with Gasteiger partial charge < -0.3 is 10.2 Å². The Hall–Kier alpha value is -2.29. The van der Waals surface area contributed by atoms with Crippen molar-refractivity contribution in [2.45, 2.75) is 65.7 Å². The topological polar surface area (TPSA) is 57.5 Å². The third kappa shape index (κ3) is 3.77. The van der Waals surface area contributed by atoms with E-state index >= 15 is 0 Å². The molecule has 0 aromatic heterocycles. The Morgan fingerprint density at radius 3 is 1.88 bits per heavy atom. The monoisotopic (exact) mass is 354 g/mol. The summed E-state index contributed by atoms with van der Waals surface area (Å²) in [6, 6.07) is 9.02. The van der Waals surface area contributed by atoms with E-state index in [1.54, 1.807) is 18.2 Å². The predicted octanol–water partition coefficient (Wildman–Crippen LogP) is 5.95. The molecule has 0 atom stereocenters. The first-order valence-electron chi connectivity index (χ1n) is 9.11. The van der Waals surface area contributed by atoms with Crippen LogP contribution in [0.5, 0.6) is 11.5 Å². The van der Waals surface area contributed by atoms with Crippen molar-refractivity contribution >= 4 is 5.78 Å². The highest BCUT2D eigenvalue weighted by Gasteiger charge is 2.26. The highest BCUT2D eigenvalue weighted by atomic mass is 16.3. The zero-order chi connectivity index (χ0) is 19.9. The number of para-hydroxylation sites is 1. The molecule has 2 aromatic rings.